The summed E-state index contributed by atoms with van der Waals surface area (Å²) in [5, 5.41) is 6.61. The molecule has 7 heteroatoms. The van der Waals surface area contributed by atoms with Gasteiger partial charge in [0.05, 0.1) is 40.5 Å². The highest BCUT2D eigenvalue weighted by Crippen LogP contribution is 2.33. The molecule has 0 heterocycles. The molecule has 152 valence electrons. The Bertz CT molecular complexity index is 751. The number of methoxy groups -OCH3 is 4. The van der Waals surface area contributed by atoms with Gasteiger partial charge in [-0.15, -0.1) is 0 Å². The van der Waals surface area contributed by atoms with Gasteiger partial charge in [0.25, 0.3) is 0 Å². The fraction of sp³-hybridized carbons (Fsp3) is 0.381. The molecule has 0 spiro atoms. The predicted octanol–water partition coefficient (Wildman–Crippen LogP) is 2.63. The van der Waals surface area contributed by atoms with Crippen molar-refractivity contribution in [1.82, 2.24) is 10.6 Å². The highest BCUT2D eigenvalue weighted by molar-refractivity contribution is 5.79. The zero-order valence-electron chi connectivity index (χ0n) is 17.2. The normalized spacial score (nSPS) is 11.0. The van der Waals surface area contributed by atoms with E-state index in [1.165, 1.54) is 5.56 Å². The van der Waals surface area contributed by atoms with E-state index in [1.807, 2.05) is 24.3 Å². The van der Waals surface area contributed by atoms with Gasteiger partial charge < -0.3 is 29.6 Å². The zero-order valence-corrected chi connectivity index (χ0v) is 17.2. The third-order valence-corrected chi connectivity index (χ3v) is 4.34. The molecule has 0 aliphatic carbocycles. The van der Waals surface area contributed by atoms with Gasteiger partial charge in [-0.3, -0.25) is 4.99 Å². The predicted molar refractivity (Wildman–Crippen MR) is 111 cm³/mol. The quantitative estimate of drug-likeness (QED) is 0.509. The standard InChI is InChI=1S/C21H29N3O4/c1-22-21(23-11-10-15-6-8-16(25-2)9-7-15)24-14-18-19(27-4)12-17(26-3)13-20(18)28-5/h6-9,12-13H,10-11,14H2,1-5H3,(H2,22,23,24). The van der Waals surface area contributed by atoms with Crippen molar-refractivity contribution in [2.45, 2.75) is 13.0 Å². The highest BCUT2D eigenvalue weighted by atomic mass is 16.5. The van der Waals surface area contributed by atoms with Gasteiger partial charge in [-0.05, 0) is 24.1 Å². The third kappa shape index (κ3) is 5.70. The molecule has 0 bridgehead atoms. The van der Waals surface area contributed by atoms with Crippen LogP contribution in [0.5, 0.6) is 23.0 Å². The molecule has 0 unspecified atom stereocenters. The van der Waals surface area contributed by atoms with Crippen LogP contribution >= 0.6 is 0 Å². The molecule has 2 N–H and O–H groups in total. The van der Waals surface area contributed by atoms with Crippen LogP contribution in [0.3, 0.4) is 0 Å². The van der Waals surface area contributed by atoms with Crippen LogP contribution in [-0.2, 0) is 13.0 Å². The number of ether oxygens (including phenoxy) is 4. The summed E-state index contributed by atoms with van der Waals surface area (Å²) in [6.07, 6.45) is 0.875. The Labute approximate surface area is 166 Å². The number of guanidine groups is 1. The summed E-state index contributed by atoms with van der Waals surface area (Å²) in [4.78, 5) is 4.27. The van der Waals surface area contributed by atoms with E-state index < -0.39 is 0 Å². The Morgan fingerprint density at radius 1 is 0.821 bits per heavy atom. The lowest BCUT2D eigenvalue weighted by atomic mass is 10.1. The van der Waals surface area contributed by atoms with E-state index in [0.717, 1.165) is 24.3 Å². The fourth-order valence-corrected chi connectivity index (χ4v) is 2.76. The number of aliphatic imine (C=N–C) groups is 1. The van der Waals surface area contributed by atoms with Crippen LogP contribution in [0.1, 0.15) is 11.1 Å². The van der Waals surface area contributed by atoms with Gasteiger partial charge in [0, 0.05) is 25.7 Å². The maximum atomic E-state index is 5.48. The molecule has 7 nitrogen and oxygen atoms in total. The number of benzene rings is 2. The first-order valence-electron chi connectivity index (χ1n) is 9.01. The Morgan fingerprint density at radius 2 is 1.43 bits per heavy atom. The first-order valence-corrected chi connectivity index (χ1v) is 9.01. The Morgan fingerprint density at radius 3 is 1.93 bits per heavy atom. The molecule has 2 aromatic rings. The Balaban J connectivity index is 1.94. The van der Waals surface area contributed by atoms with Crippen LogP contribution in [0.15, 0.2) is 41.4 Å². The van der Waals surface area contributed by atoms with Crippen molar-refractivity contribution in [3.8, 4) is 23.0 Å². The van der Waals surface area contributed by atoms with Crippen molar-refractivity contribution in [2.75, 3.05) is 42.0 Å². The van der Waals surface area contributed by atoms with Gasteiger partial charge in [0.2, 0.25) is 0 Å². The molecule has 0 radical (unpaired) electrons. The lowest BCUT2D eigenvalue weighted by Gasteiger charge is -2.17. The lowest BCUT2D eigenvalue weighted by molar-refractivity contribution is 0.368. The van der Waals surface area contributed by atoms with Crippen LogP contribution < -0.4 is 29.6 Å². The van der Waals surface area contributed by atoms with Crippen LogP contribution in [0.2, 0.25) is 0 Å². The molecule has 0 amide bonds. The second-order valence-electron chi connectivity index (χ2n) is 5.96. The van der Waals surface area contributed by atoms with Gasteiger partial charge in [-0.25, -0.2) is 0 Å². The summed E-state index contributed by atoms with van der Waals surface area (Å²) in [5.41, 5.74) is 2.12. The van der Waals surface area contributed by atoms with Gasteiger partial charge in [-0.1, -0.05) is 12.1 Å². The number of nitrogens with zero attached hydrogens (tertiary/aromatic N) is 1. The molecule has 0 aliphatic rings. The summed E-state index contributed by atoms with van der Waals surface area (Å²) < 4.78 is 21.4. The highest BCUT2D eigenvalue weighted by Gasteiger charge is 2.13. The minimum atomic E-state index is 0.499. The Hall–Kier alpha value is -3.09. The van der Waals surface area contributed by atoms with E-state index in [9.17, 15) is 0 Å². The minimum Gasteiger partial charge on any atom is -0.497 e. The van der Waals surface area contributed by atoms with Gasteiger partial charge in [0.15, 0.2) is 5.96 Å². The topological polar surface area (TPSA) is 73.3 Å². The van der Waals surface area contributed by atoms with Crippen LogP contribution in [-0.4, -0.2) is 48.0 Å². The largest absolute Gasteiger partial charge is 0.497 e. The Kier molecular flexibility index (Phi) is 8.27. The lowest BCUT2D eigenvalue weighted by Crippen LogP contribution is -2.38. The first-order chi connectivity index (χ1) is 13.6. The number of rotatable bonds is 9. The summed E-state index contributed by atoms with van der Waals surface area (Å²) in [7, 11) is 8.27. The molecule has 2 aromatic carbocycles. The van der Waals surface area contributed by atoms with Crippen LogP contribution in [0.25, 0.3) is 0 Å². The fourth-order valence-electron chi connectivity index (χ4n) is 2.76. The summed E-state index contributed by atoms with van der Waals surface area (Å²) >= 11 is 0. The summed E-state index contributed by atoms with van der Waals surface area (Å²) in [6, 6.07) is 11.7. The van der Waals surface area contributed by atoms with Gasteiger partial charge in [-0.2, -0.15) is 0 Å². The molecule has 2 rings (SSSR count). The molecule has 0 aromatic heterocycles. The van der Waals surface area contributed by atoms with E-state index in [2.05, 4.69) is 27.8 Å². The number of hydrogen-bond donors (Lipinski definition) is 2. The van der Waals surface area contributed by atoms with Gasteiger partial charge in [0.1, 0.15) is 23.0 Å². The maximum Gasteiger partial charge on any atom is 0.191 e. The average Bonchev–Trinajstić information content (AvgIpc) is 2.75. The first kappa shape index (κ1) is 21.2. The smallest absolute Gasteiger partial charge is 0.191 e. The van der Waals surface area contributed by atoms with Crippen molar-refractivity contribution in [1.29, 1.82) is 0 Å². The molecule has 0 saturated heterocycles. The summed E-state index contributed by atoms with van der Waals surface area (Å²) in [5.74, 6) is 3.62. The van der Waals surface area contributed by atoms with E-state index in [-0.39, 0.29) is 0 Å². The monoisotopic (exact) mass is 387 g/mol. The van der Waals surface area contributed by atoms with Crippen molar-refractivity contribution in [2.24, 2.45) is 4.99 Å². The molecule has 0 aliphatic heterocycles. The van der Waals surface area contributed by atoms with Crippen molar-refractivity contribution in [3.63, 3.8) is 0 Å². The molecule has 0 fully saturated rings. The second-order valence-corrected chi connectivity index (χ2v) is 5.96. The SMILES string of the molecule is CN=C(NCCc1ccc(OC)cc1)NCc1c(OC)cc(OC)cc1OC. The zero-order chi connectivity index (χ0) is 20.4. The van der Waals surface area contributed by atoms with Gasteiger partial charge >= 0.3 is 0 Å². The average molecular weight is 387 g/mol. The molecular weight excluding hydrogens is 358 g/mol. The van der Waals surface area contributed by atoms with E-state index >= 15 is 0 Å². The molecule has 0 saturated carbocycles. The second kappa shape index (κ2) is 10.9. The third-order valence-electron chi connectivity index (χ3n) is 4.34. The molecular formula is C21H29N3O4. The van der Waals surface area contributed by atoms with E-state index in [0.29, 0.717) is 29.8 Å². The molecule has 28 heavy (non-hydrogen) atoms. The van der Waals surface area contributed by atoms with Crippen LogP contribution in [0, 0.1) is 0 Å². The number of nitrogens with one attached hydrogen (secondary N) is 2. The molecule has 0 atom stereocenters. The van der Waals surface area contributed by atoms with Crippen molar-refractivity contribution < 1.29 is 18.9 Å². The van der Waals surface area contributed by atoms with Crippen molar-refractivity contribution in [3.05, 3.63) is 47.5 Å². The van der Waals surface area contributed by atoms with Crippen molar-refractivity contribution >= 4 is 5.96 Å². The van der Waals surface area contributed by atoms with E-state index in [1.54, 1.807) is 35.5 Å². The minimum absolute atomic E-state index is 0.499. The summed E-state index contributed by atoms with van der Waals surface area (Å²) in [6.45, 7) is 1.25. The maximum absolute atomic E-state index is 5.48. The van der Waals surface area contributed by atoms with E-state index in [4.69, 9.17) is 18.9 Å². The number of hydrogen-bond acceptors (Lipinski definition) is 5. The van der Waals surface area contributed by atoms with Crippen LogP contribution in [0.4, 0.5) is 0 Å².